The highest BCUT2D eigenvalue weighted by Gasteiger charge is 2.14. The first-order valence-corrected chi connectivity index (χ1v) is 10.7. The van der Waals surface area contributed by atoms with Crippen LogP contribution in [0.15, 0.2) is 47.6 Å². The molecule has 7 nitrogen and oxygen atoms in total. The van der Waals surface area contributed by atoms with Crippen LogP contribution in [-0.4, -0.2) is 50.4 Å². The molecule has 1 aliphatic rings. The Balaban J connectivity index is 1.59. The zero-order valence-corrected chi connectivity index (χ0v) is 18.6. The maximum Gasteiger partial charge on any atom is 0.259 e. The Morgan fingerprint density at radius 3 is 2.61 bits per heavy atom. The fraction of sp³-hybridized carbons (Fsp3) is 0.417. The number of nitrogens with zero attached hydrogens (tertiary/aromatic N) is 2. The van der Waals surface area contributed by atoms with Gasteiger partial charge in [0, 0.05) is 23.9 Å². The van der Waals surface area contributed by atoms with E-state index in [-0.39, 0.29) is 12.5 Å². The lowest BCUT2D eigenvalue weighted by molar-refractivity contribution is -0.119. The van der Waals surface area contributed by atoms with Crippen LogP contribution in [0.25, 0.3) is 0 Å². The van der Waals surface area contributed by atoms with Crippen molar-refractivity contribution in [3.8, 4) is 11.5 Å². The summed E-state index contributed by atoms with van der Waals surface area (Å²) in [6, 6.07) is 13.5. The summed E-state index contributed by atoms with van der Waals surface area (Å²) in [5.41, 5.74) is 6.29. The minimum Gasteiger partial charge on any atom is -0.497 e. The Bertz CT molecular complexity index is 907. The van der Waals surface area contributed by atoms with Crippen molar-refractivity contribution in [1.29, 1.82) is 0 Å². The van der Waals surface area contributed by atoms with E-state index in [9.17, 15) is 4.79 Å². The number of hydrazone groups is 1. The molecule has 0 unspecified atom stereocenters. The second kappa shape index (κ2) is 11.4. The molecule has 1 amide bonds. The molecule has 166 valence electrons. The summed E-state index contributed by atoms with van der Waals surface area (Å²) < 4.78 is 10.7. The molecule has 1 aliphatic heterocycles. The van der Waals surface area contributed by atoms with Gasteiger partial charge in [0.15, 0.2) is 0 Å². The van der Waals surface area contributed by atoms with Crippen LogP contribution < -0.4 is 20.2 Å². The largest absolute Gasteiger partial charge is 0.497 e. The standard InChI is InChI=1S/C24H32N4O3/c1-18(26-27-24(29)16-25-21-8-7-9-22(15-21)30-2)19-10-11-23(31-3)20(14-19)17-28-12-5-4-6-13-28/h7-11,14-15,25H,4-6,12-13,16-17H2,1-3H3,(H,27,29)/b26-18-. The van der Waals surface area contributed by atoms with Gasteiger partial charge in [-0.3, -0.25) is 9.69 Å². The Morgan fingerprint density at radius 1 is 1.06 bits per heavy atom. The molecule has 0 spiro atoms. The molecule has 7 heteroatoms. The number of hydrogen-bond acceptors (Lipinski definition) is 6. The number of ether oxygens (including phenoxy) is 2. The van der Waals surface area contributed by atoms with Crippen LogP contribution in [0.4, 0.5) is 5.69 Å². The third-order valence-corrected chi connectivity index (χ3v) is 5.41. The van der Waals surface area contributed by atoms with Crippen molar-refractivity contribution in [2.45, 2.75) is 32.7 Å². The zero-order valence-electron chi connectivity index (χ0n) is 18.6. The van der Waals surface area contributed by atoms with Gasteiger partial charge in [0.25, 0.3) is 5.91 Å². The summed E-state index contributed by atoms with van der Waals surface area (Å²) in [5, 5.41) is 7.35. The van der Waals surface area contributed by atoms with E-state index in [2.05, 4.69) is 26.8 Å². The van der Waals surface area contributed by atoms with Gasteiger partial charge in [0.2, 0.25) is 0 Å². The highest BCUT2D eigenvalue weighted by atomic mass is 16.5. The van der Waals surface area contributed by atoms with Crippen LogP contribution in [0.3, 0.4) is 0 Å². The molecule has 0 saturated carbocycles. The average Bonchev–Trinajstić information content (AvgIpc) is 2.82. The summed E-state index contributed by atoms with van der Waals surface area (Å²) in [4.78, 5) is 14.7. The van der Waals surface area contributed by atoms with E-state index in [4.69, 9.17) is 9.47 Å². The van der Waals surface area contributed by atoms with Gasteiger partial charge >= 0.3 is 0 Å². The maximum absolute atomic E-state index is 12.2. The smallest absolute Gasteiger partial charge is 0.259 e. The first-order valence-electron chi connectivity index (χ1n) is 10.7. The zero-order chi connectivity index (χ0) is 22.1. The van der Waals surface area contributed by atoms with E-state index in [1.807, 2.05) is 43.3 Å². The average molecular weight is 425 g/mol. The number of likely N-dealkylation sites (tertiary alicyclic amines) is 1. The Kier molecular flexibility index (Phi) is 8.29. The predicted octanol–water partition coefficient (Wildman–Crippen LogP) is 3.64. The summed E-state index contributed by atoms with van der Waals surface area (Å²) in [6.45, 7) is 5.11. The van der Waals surface area contributed by atoms with Gasteiger partial charge in [0.05, 0.1) is 26.5 Å². The topological polar surface area (TPSA) is 75.2 Å². The van der Waals surface area contributed by atoms with E-state index >= 15 is 0 Å². The maximum atomic E-state index is 12.2. The summed E-state index contributed by atoms with van der Waals surface area (Å²) >= 11 is 0. The van der Waals surface area contributed by atoms with Crippen molar-refractivity contribution < 1.29 is 14.3 Å². The van der Waals surface area contributed by atoms with Crippen molar-refractivity contribution in [3.05, 3.63) is 53.6 Å². The number of piperidine rings is 1. The number of hydrogen-bond donors (Lipinski definition) is 2. The van der Waals surface area contributed by atoms with Crippen LogP contribution in [-0.2, 0) is 11.3 Å². The van der Waals surface area contributed by atoms with E-state index in [0.717, 1.165) is 53.7 Å². The summed E-state index contributed by atoms with van der Waals surface area (Å²) in [5.74, 6) is 1.40. The van der Waals surface area contributed by atoms with Crippen molar-refractivity contribution in [3.63, 3.8) is 0 Å². The van der Waals surface area contributed by atoms with Crippen molar-refractivity contribution in [2.24, 2.45) is 5.10 Å². The third-order valence-electron chi connectivity index (χ3n) is 5.41. The van der Waals surface area contributed by atoms with Gasteiger partial charge in [-0.2, -0.15) is 5.10 Å². The SMILES string of the molecule is COc1cccc(NCC(=O)N/N=C(/C)c2ccc(OC)c(CN3CCCCC3)c2)c1. The minimum absolute atomic E-state index is 0.118. The second-order valence-corrected chi connectivity index (χ2v) is 7.68. The molecule has 31 heavy (non-hydrogen) atoms. The van der Waals surface area contributed by atoms with Crippen LogP contribution in [0, 0.1) is 0 Å². The molecule has 2 N–H and O–H groups in total. The summed E-state index contributed by atoms with van der Waals surface area (Å²) in [7, 11) is 3.31. The third kappa shape index (κ3) is 6.72. The molecule has 0 radical (unpaired) electrons. The number of amides is 1. The fourth-order valence-electron chi connectivity index (χ4n) is 3.65. The molecule has 1 saturated heterocycles. The van der Waals surface area contributed by atoms with Gasteiger partial charge in [-0.05, 0) is 68.8 Å². The van der Waals surface area contributed by atoms with E-state index in [0.29, 0.717) is 0 Å². The number of carbonyl (C=O) groups is 1. The molecule has 3 rings (SSSR count). The van der Waals surface area contributed by atoms with E-state index in [1.54, 1.807) is 14.2 Å². The van der Waals surface area contributed by atoms with Gasteiger partial charge in [-0.25, -0.2) is 5.43 Å². The highest BCUT2D eigenvalue weighted by Crippen LogP contribution is 2.23. The fourth-order valence-corrected chi connectivity index (χ4v) is 3.65. The number of rotatable bonds is 9. The van der Waals surface area contributed by atoms with Gasteiger partial charge < -0.3 is 14.8 Å². The number of nitrogens with one attached hydrogen (secondary N) is 2. The first kappa shape index (κ1) is 22.6. The minimum atomic E-state index is -0.218. The predicted molar refractivity (Wildman–Crippen MR) is 124 cm³/mol. The second-order valence-electron chi connectivity index (χ2n) is 7.68. The van der Waals surface area contributed by atoms with E-state index in [1.165, 1.54) is 19.3 Å². The summed E-state index contributed by atoms with van der Waals surface area (Å²) in [6.07, 6.45) is 3.81. The highest BCUT2D eigenvalue weighted by molar-refractivity contribution is 5.99. The molecule has 2 aromatic carbocycles. The van der Waals surface area contributed by atoms with Crippen molar-refractivity contribution in [2.75, 3.05) is 39.2 Å². The molecule has 1 heterocycles. The quantitative estimate of drug-likeness (QED) is 0.475. The molecular formula is C24H32N4O3. The normalized spacial score (nSPS) is 14.7. The number of carbonyl (C=O) groups excluding carboxylic acids is 1. The molecule has 0 bridgehead atoms. The Morgan fingerprint density at radius 2 is 1.87 bits per heavy atom. The lowest BCUT2D eigenvalue weighted by atomic mass is 10.0. The van der Waals surface area contributed by atoms with Crippen LogP contribution in [0.5, 0.6) is 11.5 Å². The van der Waals surface area contributed by atoms with Crippen LogP contribution >= 0.6 is 0 Å². The number of methoxy groups -OCH3 is 2. The van der Waals surface area contributed by atoms with Gasteiger partial charge in [0.1, 0.15) is 11.5 Å². The number of anilines is 1. The molecule has 0 aliphatic carbocycles. The van der Waals surface area contributed by atoms with Gasteiger partial charge in [-0.15, -0.1) is 0 Å². The lowest BCUT2D eigenvalue weighted by Crippen LogP contribution is -2.29. The van der Waals surface area contributed by atoms with Crippen molar-refractivity contribution >= 4 is 17.3 Å². The van der Waals surface area contributed by atoms with E-state index < -0.39 is 0 Å². The molecule has 1 fully saturated rings. The number of benzene rings is 2. The van der Waals surface area contributed by atoms with Gasteiger partial charge in [-0.1, -0.05) is 12.5 Å². The Labute approximate surface area is 184 Å². The van der Waals surface area contributed by atoms with Crippen LogP contribution in [0.2, 0.25) is 0 Å². The lowest BCUT2D eigenvalue weighted by Gasteiger charge is -2.27. The molecule has 0 aromatic heterocycles. The van der Waals surface area contributed by atoms with Crippen molar-refractivity contribution in [1.82, 2.24) is 10.3 Å². The molecule has 2 aromatic rings. The Hall–Kier alpha value is -3.06. The molecule has 0 atom stereocenters. The molecular weight excluding hydrogens is 392 g/mol. The first-order chi connectivity index (χ1) is 15.1. The van der Waals surface area contributed by atoms with Crippen LogP contribution in [0.1, 0.15) is 37.3 Å². The monoisotopic (exact) mass is 424 g/mol.